The Morgan fingerprint density at radius 2 is 2.06 bits per heavy atom. The van der Waals surface area contributed by atoms with E-state index in [4.69, 9.17) is 10.3 Å². The van der Waals surface area contributed by atoms with Gasteiger partial charge in [0.1, 0.15) is 0 Å². The van der Waals surface area contributed by atoms with Crippen molar-refractivity contribution < 1.29 is 9.45 Å². The van der Waals surface area contributed by atoms with E-state index in [-0.39, 0.29) is 11.7 Å². The Hall–Kier alpha value is -2.28. The number of nitro groups is 1. The summed E-state index contributed by atoms with van der Waals surface area (Å²) < 4.78 is 4.94. The van der Waals surface area contributed by atoms with Gasteiger partial charge in [0, 0.05) is 17.7 Å². The quantitative estimate of drug-likeness (QED) is 0.639. The normalized spacial score (nSPS) is 12.4. The summed E-state index contributed by atoms with van der Waals surface area (Å²) in [5, 5.41) is 14.2. The van der Waals surface area contributed by atoms with Crippen LogP contribution in [0.5, 0.6) is 0 Å². The van der Waals surface area contributed by atoms with Gasteiger partial charge in [0.25, 0.3) is 5.69 Å². The molecule has 0 aliphatic rings. The van der Waals surface area contributed by atoms with E-state index in [2.05, 4.69) is 10.1 Å². The van der Waals surface area contributed by atoms with Gasteiger partial charge in [-0.05, 0) is 19.1 Å². The van der Waals surface area contributed by atoms with Crippen LogP contribution in [0.4, 0.5) is 5.69 Å². The highest BCUT2D eigenvalue weighted by atomic mass is 16.6. The summed E-state index contributed by atoms with van der Waals surface area (Å²) >= 11 is 0. The van der Waals surface area contributed by atoms with Gasteiger partial charge in [-0.25, -0.2) is 0 Å². The highest BCUT2D eigenvalue weighted by Gasteiger charge is 2.12. The van der Waals surface area contributed by atoms with Crippen molar-refractivity contribution in [2.24, 2.45) is 5.73 Å². The summed E-state index contributed by atoms with van der Waals surface area (Å²) in [6.07, 6.45) is 0. The van der Waals surface area contributed by atoms with Crippen molar-refractivity contribution in [3.63, 3.8) is 0 Å². The fourth-order valence-corrected chi connectivity index (χ4v) is 1.27. The summed E-state index contributed by atoms with van der Waals surface area (Å²) in [4.78, 5) is 14.1. The largest absolute Gasteiger partial charge is 0.337 e. The zero-order valence-electron chi connectivity index (χ0n) is 9.03. The van der Waals surface area contributed by atoms with E-state index in [0.29, 0.717) is 17.3 Å². The number of nitro benzene ring substituents is 1. The molecule has 1 aromatic carbocycles. The SMILES string of the molecule is C[C@@H](N)c1nc(-c2ccc([N+](=O)[O-])cc2)no1. The van der Waals surface area contributed by atoms with Crippen molar-refractivity contribution in [2.75, 3.05) is 0 Å². The molecule has 7 heteroatoms. The van der Waals surface area contributed by atoms with E-state index in [9.17, 15) is 10.1 Å². The van der Waals surface area contributed by atoms with Gasteiger partial charge in [0.05, 0.1) is 11.0 Å². The molecule has 0 bridgehead atoms. The second-order valence-corrected chi connectivity index (χ2v) is 3.55. The van der Waals surface area contributed by atoms with Crippen LogP contribution in [0.3, 0.4) is 0 Å². The number of nitrogens with zero attached hydrogens (tertiary/aromatic N) is 3. The second kappa shape index (κ2) is 4.30. The molecule has 0 unspecified atom stereocenters. The molecule has 1 aromatic heterocycles. The molecule has 0 saturated heterocycles. The number of hydrogen-bond acceptors (Lipinski definition) is 6. The maximum Gasteiger partial charge on any atom is 0.269 e. The first-order valence-corrected chi connectivity index (χ1v) is 4.92. The smallest absolute Gasteiger partial charge is 0.269 e. The predicted molar refractivity (Wildman–Crippen MR) is 59.0 cm³/mol. The zero-order valence-corrected chi connectivity index (χ0v) is 9.03. The van der Waals surface area contributed by atoms with E-state index >= 15 is 0 Å². The molecule has 0 fully saturated rings. The van der Waals surface area contributed by atoms with Gasteiger partial charge in [-0.2, -0.15) is 4.98 Å². The standard InChI is InChI=1S/C10H10N4O3/c1-6(11)10-12-9(13-17-10)7-2-4-8(5-3-7)14(15)16/h2-6H,11H2,1H3/t6-/m1/s1. The van der Waals surface area contributed by atoms with Gasteiger partial charge in [-0.1, -0.05) is 5.16 Å². The number of non-ortho nitro benzene ring substituents is 1. The van der Waals surface area contributed by atoms with Crippen LogP contribution in [0.1, 0.15) is 18.9 Å². The minimum atomic E-state index is -0.465. The van der Waals surface area contributed by atoms with Crippen LogP contribution in [0.25, 0.3) is 11.4 Å². The van der Waals surface area contributed by atoms with Crippen molar-refractivity contribution in [1.29, 1.82) is 0 Å². The van der Waals surface area contributed by atoms with Crippen molar-refractivity contribution in [3.8, 4) is 11.4 Å². The summed E-state index contributed by atoms with van der Waals surface area (Å²) in [5.41, 5.74) is 6.25. The Balaban J connectivity index is 2.30. The molecule has 17 heavy (non-hydrogen) atoms. The van der Waals surface area contributed by atoms with Gasteiger partial charge in [0.15, 0.2) is 0 Å². The molecule has 0 saturated carbocycles. The maximum absolute atomic E-state index is 10.5. The molecule has 0 aliphatic carbocycles. The molecule has 1 atom stereocenters. The summed E-state index contributed by atoms with van der Waals surface area (Å²) in [6.45, 7) is 1.73. The van der Waals surface area contributed by atoms with Crippen LogP contribution in [-0.2, 0) is 0 Å². The fourth-order valence-electron chi connectivity index (χ4n) is 1.27. The van der Waals surface area contributed by atoms with E-state index in [1.54, 1.807) is 19.1 Å². The number of aromatic nitrogens is 2. The summed E-state index contributed by atoms with van der Waals surface area (Å²) in [7, 11) is 0. The maximum atomic E-state index is 10.5. The van der Waals surface area contributed by atoms with Gasteiger partial charge in [-0.15, -0.1) is 0 Å². The highest BCUT2D eigenvalue weighted by molar-refractivity contribution is 5.56. The Bertz CT molecular complexity index is 533. The van der Waals surface area contributed by atoms with E-state index < -0.39 is 4.92 Å². The Morgan fingerprint density at radius 1 is 1.41 bits per heavy atom. The summed E-state index contributed by atoms with van der Waals surface area (Å²) in [5.74, 6) is 0.700. The first-order valence-electron chi connectivity index (χ1n) is 4.92. The number of benzene rings is 1. The lowest BCUT2D eigenvalue weighted by atomic mass is 10.2. The van der Waals surface area contributed by atoms with Crippen LogP contribution >= 0.6 is 0 Å². The zero-order chi connectivity index (χ0) is 12.4. The molecule has 7 nitrogen and oxygen atoms in total. The molecular weight excluding hydrogens is 224 g/mol. The van der Waals surface area contributed by atoms with E-state index in [0.717, 1.165) is 0 Å². The molecular formula is C10H10N4O3. The third-order valence-electron chi connectivity index (χ3n) is 2.17. The van der Waals surface area contributed by atoms with Gasteiger partial charge < -0.3 is 10.3 Å². The van der Waals surface area contributed by atoms with Crippen LogP contribution < -0.4 is 5.73 Å². The Morgan fingerprint density at radius 3 is 2.53 bits per heavy atom. The molecule has 2 rings (SSSR count). The van der Waals surface area contributed by atoms with Gasteiger partial charge in [-0.3, -0.25) is 10.1 Å². The van der Waals surface area contributed by atoms with E-state index in [1.807, 2.05) is 0 Å². The first-order chi connectivity index (χ1) is 8.08. The average Bonchev–Trinajstić information content (AvgIpc) is 2.78. The van der Waals surface area contributed by atoms with Crippen molar-refractivity contribution >= 4 is 5.69 Å². The number of rotatable bonds is 3. The molecule has 1 heterocycles. The molecule has 0 aliphatic heterocycles. The average molecular weight is 234 g/mol. The van der Waals surface area contributed by atoms with Gasteiger partial charge >= 0.3 is 0 Å². The lowest BCUT2D eigenvalue weighted by molar-refractivity contribution is -0.384. The molecule has 88 valence electrons. The third-order valence-corrected chi connectivity index (χ3v) is 2.17. The van der Waals surface area contributed by atoms with E-state index in [1.165, 1.54) is 12.1 Å². The van der Waals surface area contributed by atoms with Crippen LogP contribution in [0, 0.1) is 10.1 Å². The Kier molecular flexibility index (Phi) is 2.84. The highest BCUT2D eigenvalue weighted by Crippen LogP contribution is 2.20. The lowest BCUT2D eigenvalue weighted by Gasteiger charge is -1.94. The number of hydrogen-bond donors (Lipinski definition) is 1. The molecule has 0 amide bonds. The van der Waals surface area contributed by atoms with Crippen molar-refractivity contribution in [1.82, 2.24) is 10.1 Å². The lowest BCUT2D eigenvalue weighted by Crippen LogP contribution is -2.04. The predicted octanol–water partition coefficient (Wildman–Crippen LogP) is 1.66. The molecule has 0 radical (unpaired) electrons. The number of nitrogens with two attached hydrogens (primary N) is 1. The van der Waals surface area contributed by atoms with Crippen LogP contribution in [-0.4, -0.2) is 15.1 Å². The summed E-state index contributed by atoms with van der Waals surface area (Å²) in [6, 6.07) is 5.56. The monoisotopic (exact) mass is 234 g/mol. The molecule has 0 spiro atoms. The van der Waals surface area contributed by atoms with Crippen molar-refractivity contribution in [3.05, 3.63) is 40.3 Å². The molecule has 2 aromatic rings. The minimum Gasteiger partial charge on any atom is -0.337 e. The van der Waals surface area contributed by atoms with Crippen LogP contribution in [0.2, 0.25) is 0 Å². The Labute approximate surface area is 96.4 Å². The second-order valence-electron chi connectivity index (χ2n) is 3.55. The topological polar surface area (TPSA) is 108 Å². The first kappa shape index (κ1) is 11.2. The third kappa shape index (κ3) is 2.28. The van der Waals surface area contributed by atoms with Crippen LogP contribution in [0.15, 0.2) is 28.8 Å². The fraction of sp³-hybridized carbons (Fsp3) is 0.200. The molecule has 2 N–H and O–H groups in total. The van der Waals surface area contributed by atoms with Gasteiger partial charge in [0.2, 0.25) is 11.7 Å². The minimum absolute atomic E-state index is 0.0182. The van der Waals surface area contributed by atoms with Crippen molar-refractivity contribution in [2.45, 2.75) is 13.0 Å².